The van der Waals surface area contributed by atoms with Crippen molar-refractivity contribution in [1.29, 1.82) is 0 Å². The van der Waals surface area contributed by atoms with Gasteiger partial charge in [0.1, 0.15) is 0 Å². The number of rotatable bonds is 2. The molecule has 0 bridgehead atoms. The number of aliphatic hydroxyl groups excluding tert-OH is 1. The van der Waals surface area contributed by atoms with E-state index in [9.17, 15) is 4.79 Å². The second-order valence-electron chi connectivity index (χ2n) is 1.70. The molecule has 0 aromatic carbocycles. The van der Waals surface area contributed by atoms with Crippen LogP contribution in [-0.2, 0) is 4.79 Å². The Morgan fingerprint density at radius 2 is 2.38 bits per heavy atom. The molecule has 8 heavy (non-hydrogen) atoms. The number of hydrogen-bond acceptors (Lipinski definition) is 2. The molecule has 1 atom stereocenters. The van der Waals surface area contributed by atoms with Crippen molar-refractivity contribution in [1.82, 2.24) is 5.32 Å². The minimum Gasteiger partial charge on any atom is -0.396 e. The van der Waals surface area contributed by atoms with Gasteiger partial charge in [-0.25, -0.2) is 0 Å². The molecule has 0 rings (SSSR count). The van der Waals surface area contributed by atoms with E-state index in [4.69, 9.17) is 5.11 Å². The Balaban J connectivity index is 3.46. The van der Waals surface area contributed by atoms with Crippen LogP contribution in [0.2, 0.25) is 0 Å². The molecule has 48 valence electrons. The fourth-order valence-electron chi connectivity index (χ4n) is 0.329. The zero-order chi connectivity index (χ0) is 6.57. The molecular formula is C5H11NO2. The molecule has 0 fully saturated rings. The van der Waals surface area contributed by atoms with Crippen molar-refractivity contribution >= 4 is 5.91 Å². The van der Waals surface area contributed by atoms with Crippen LogP contribution in [0, 0.1) is 5.92 Å². The number of carbonyl (C=O) groups is 1. The number of carbonyl (C=O) groups excluding carboxylic acids is 1. The maximum atomic E-state index is 10.5. The summed E-state index contributed by atoms with van der Waals surface area (Å²) in [4.78, 5) is 10.5. The average molecular weight is 117 g/mol. The number of aliphatic hydroxyl groups is 1. The van der Waals surface area contributed by atoms with Gasteiger partial charge in [-0.15, -0.1) is 0 Å². The van der Waals surface area contributed by atoms with Crippen LogP contribution >= 0.6 is 0 Å². The molecule has 0 saturated heterocycles. The predicted octanol–water partition coefficient (Wildman–Crippen LogP) is -0.639. The Bertz CT molecular complexity index is 82.5. The first-order valence-corrected chi connectivity index (χ1v) is 2.54. The van der Waals surface area contributed by atoms with Gasteiger partial charge in [-0.3, -0.25) is 4.79 Å². The van der Waals surface area contributed by atoms with Gasteiger partial charge in [0.2, 0.25) is 5.91 Å². The van der Waals surface area contributed by atoms with Gasteiger partial charge in [-0.1, -0.05) is 6.92 Å². The van der Waals surface area contributed by atoms with E-state index in [1.165, 1.54) is 0 Å². The minimum atomic E-state index is -0.278. The molecule has 0 radical (unpaired) electrons. The summed E-state index contributed by atoms with van der Waals surface area (Å²) in [7, 11) is 1.55. The normalized spacial score (nSPS) is 12.9. The van der Waals surface area contributed by atoms with Crippen LogP contribution in [0.4, 0.5) is 0 Å². The molecule has 1 unspecified atom stereocenters. The monoisotopic (exact) mass is 117 g/mol. The summed E-state index contributed by atoms with van der Waals surface area (Å²) in [6.45, 7) is 1.58. The second-order valence-corrected chi connectivity index (χ2v) is 1.70. The first kappa shape index (κ1) is 7.43. The highest BCUT2D eigenvalue weighted by Crippen LogP contribution is 1.89. The van der Waals surface area contributed by atoms with Crippen molar-refractivity contribution in [2.45, 2.75) is 6.92 Å². The molecule has 0 aliphatic carbocycles. The van der Waals surface area contributed by atoms with Gasteiger partial charge in [0.05, 0.1) is 12.5 Å². The van der Waals surface area contributed by atoms with Crippen LogP contribution in [0.15, 0.2) is 0 Å². The van der Waals surface area contributed by atoms with Crippen molar-refractivity contribution in [3.8, 4) is 0 Å². The SMILES string of the molecule is CNC(=O)C(C)CO. The van der Waals surface area contributed by atoms with Crippen molar-refractivity contribution in [2.75, 3.05) is 13.7 Å². The average Bonchev–Trinajstić information content (AvgIpc) is 1.84. The molecule has 2 N–H and O–H groups in total. The maximum absolute atomic E-state index is 10.5. The van der Waals surface area contributed by atoms with Crippen LogP contribution in [0.1, 0.15) is 6.92 Å². The zero-order valence-corrected chi connectivity index (χ0v) is 5.14. The molecule has 0 aliphatic heterocycles. The van der Waals surface area contributed by atoms with E-state index in [1.54, 1.807) is 14.0 Å². The van der Waals surface area contributed by atoms with Crippen LogP contribution < -0.4 is 5.32 Å². The van der Waals surface area contributed by atoms with Gasteiger partial charge >= 0.3 is 0 Å². The van der Waals surface area contributed by atoms with Crippen molar-refractivity contribution in [2.24, 2.45) is 5.92 Å². The second kappa shape index (κ2) is 3.43. The van der Waals surface area contributed by atoms with Gasteiger partial charge in [0, 0.05) is 7.05 Å². The predicted molar refractivity (Wildman–Crippen MR) is 30.3 cm³/mol. The van der Waals surface area contributed by atoms with Gasteiger partial charge in [0.25, 0.3) is 0 Å². The third kappa shape index (κ3) is 1.93. The molecule has 0 aromatic rings. The van der Waals surface area contributed by atoms with E-state index in [-0.39, 0.29) is 18.4 Å². The Morgan fingerprint density at radius 1 is 1.88 bits per heavy atom. The van der Waals surface area contributed by atoms with E-state index >= 15 is 0 Å². The van der Waals surface area contributed by atoms with E-state index in [1.807, 2.05) is 0 Å². The Kier molecular flexibility index (Phi) is 3.19. The molecule has 3 nitrogen and oxygen atoms in total. The molecule has 0 heterocycles. The lowest BCUT2D eigenvalue weighted by atomic mass is 10.2. The van der Waals surface area contributed by atoms with E-state index in [2.05, 4.69) is 5.32 Å². The zero-order valence-electron chi connectivity index (χ0n) is 5.14. The summed E-state index contributed by atoms with van der Waals surface area (Å²) < 4.78 is 0. The van der Waals surface area contributed by atoms with Gasteiger partial charge < -0.3 is 10.4 Å². The smallest absolute Gasteiger partial charge is 0.224 e. The highest BCUT2D eigenvalue weighted by molar-refractivity contribution is 5.77. The first-order valence-electron chi connectivity index (χ1n) is 2.54. The number of amides is 1. The molecule has 0 aromatic heterocycles. The van der Waals surface area contributed by atoms with Crippen LogP contribution in [-0.4, -0.2) is 24.7 Å². The fraction of sp³-hybridized carbons (Fsp3) is 0.800. The molecule has 1 amide bonds. The fourth-order valence-corrected chi connectivity index (χ4v) is 0.329. The summed E-state index contributed by atoms with van der Waals surface area (Å²) in [5, 5.41) is 10.8. The van der Waals surface area contributed by atoms with Crippen LogP contribution in [0.5, 0.6) is 0 Å². The topological polar surface area (TPSA) is 49.3 Å². The third-order valence-corrected chi connectivity index (χ3v) is 0.968. The Labute approximate surface area is 48.7 Å². The van der Waals surface area contributed by atoms with E-state index in [0.29, 0.717) is 0 Å². The number of hydrogen-bond donors (Lipinski definition) is 2. The van der Waals surface area contributed by atoms with E-state index in [0.717, 1.165) is 0 Å². The molecule has 0 saturated carbocycles. The standard InChI is InChI=1S/C5H11NO2/c1-4(3-7)5(8)6-2/h4,7H,3H2,1-2H3,(H,6,8). The van der Waals surface area contributed by atoms with Crippen LogP contribution in [0.3, 0.4) is 0 Å². The van der Waals surface area contributed by atoms with Gasteiger partial charge in [0.15, 0.2) is 0 Å². The Morgan fingerprint density at radius 3 is 2.50 bits per heavy atom. The van der Waals surface area contributed by atoms with Crippen LogP contribution in [0.25, 0.3) is 0 Å². The van der Waals surface area contributed by atoms with Gasteiger partial charge in [-0.05, 0) is 0 Å². The summed E-state index contributed by atoms with van der Waals surface area (Å²) >= 11 is 0. The largest absolute Gasteiger partial charge is 0.396 e. The molecular weight excluding hydrogens is 106 g/mol. The van der Waals surface area contributed by atoms with Crippen molar-refractivity contribution < 1.29 is 9.90 Å². The molecule has 0 aliphatic rings. The summed E-state index contributed by atoms with van der Waals surface area (Å²) in [6, 6.07) is 0. The van der Waals surface area contributed by atoms with Crippen molar-refractivity contribution in [3.63, 3.8) is 0 Å². The minimum absolute atomic E-state index is 0.0837. The summed E-state index contributed by atoms with van der Waals surface area (Å²) in [5.74, 6) is -0.396. The summed E-state index contributed by atoms with van der Waals surface area (Å²) in [5.41, 5.74) is 0. The summed E-state index contributed by atoms with van der Waals surface area (Å²) in [6.07, 6.45) is 0. The lowest BCUT2D eigenvalue weighted by Crippen LogP contribution is -2.27. The maximum Gasteiger partial charge on any atom is 0.224 e. The van der Waals surface area contributed by atoms with Gasteiger partial charge in [-0.2, -0.15) is 0 Å². The lowest BCUT2D eigenvalue weighted by molar-refractivity contribution is -0.125. The first-order chi connectivity index (χ1) is 3.72. The Hall–Kier alpha value is -0.570. The quantitative estimate of drug-likeness (QED) is 0.505. The molecule has 3 heteroatoms. The van der Waals surface area contributed by atoms with Crippen molar-refractivity contribution in [3.05, 3.63) is 0 Å². The molecule has 0 spiro atoms. The third-order valence-electron chi connectivity index (χ3n) is 0.968. The van der Waals surface area contributed by atoms with E-state index < -0.39 is 0 Å². The lowest BCUT2D eigenvalue weighted by Gasteiger charge is -2.03. The highest BCUT2D eigenvalue weighted by Gasteiger charge is 2.06. The number of nitrogens with one attached hydrogen (secondary N) is 1. The highest BCUT2D eigenvalue weighted by atomic mass is 16.3.